The van der Waals surface area contributed by atoms with Crippen molar-refractivity contribution in [2.75, 3.05) is 7.05 Å². The second-order valence-corrected chi connectivity index (χ2v) is 6.26. The normalized spacial score (nSPS) is 18.4. The SMILES string of the molecule is CNC(Cc1nc(C)c(C)s1)CC1CCC1. The molecule has 1 aliphatic carbocycles. The summed E-state index contributed by atoms with van der Waals surface area (Å²) < 4.78 is 0. The lowest BCUT2D eigenvalue weighted by Crippen LogP contribution is -2.31. The molecule has 2 nitrogen and oxygen atoms in total. The van der Waals surface area contributed by atoms with Crippen LogP contribution in [0.3, 0.4) is 0 Å². The lowest BCUT2D eigenvalue weighted by atomic mass is 9.80. The highest BCUT2D eigenvalue weighted by molar-refractivity contribution is 7.11. The molecule has 1 unspecified atom stereocenters. The molecule has 2 rings (SSSR count). The fourth-order valence-electron chi connectivity index (χ4n) is 2.27. The smallest absolute Gasteiger partial charge is 0.0946 e. The predicted molar refractivity (Wildman–Crippen MR) is 70.1 cm³/mol. The molecule has 0 amide bonds. The second-order valence-electron chi connectivity index (χ2n) is 4.97. The van der Waals surface area contributed by atoms with Crippen molar-refractivity contribution in [1.29, 1.82) is 0 Å². The first kappa shape index (κ1) is 12.1. The maximum Gasteiger partial charge on any atom is 0.0946 e. The maximum atomic E-state index is 4.63. The van der Waals surface area contributed by atoms with Gasteiger partial charge in [-0.15, -0.1) is 11.3 Å². The first-order chi connectivity index (χ1) is 7.69. The summed E-state index contributed by atoms with van der Waals surface area (Å²) in [6.07, 6.45) is 6.75. The van der Waals surface area contributed by atoms with Gasteiger partial charge in [0.15, 0.2) is 0 Å². The van der Waals surface area contributed by atoms with Crippen molar-refractivity contribution in [1.82, 2.24) is 10.3 Å². The molecular weight excluding hydrogens is 216 g/mol. The van der Waals surface area contributed by atoms with Crippen LogP contribution in [0.4, 0.5) is 0 Å². The molecule has 1 atom stereocenters. The molecule has 1 saturated carbocycles. The number of likely N-dealkylation sites (N-methyl/N-ethyl adjacent to an activating group) is 1. The Hall–Kier alpha value is -0.410. The molecular formula is C13H22N2S. The van der Waals surface area contributed by atoms with Crippen LogP contribution in [0.25, 0.3) is 0 Å². The van der Waals surface area contributed by atoms with Gasteiger partial charge < -0.3 is 5.32 Å². The summed E-state index contributed by atoms with van der Waals surface area (Å²) in [6.45, 7) is 4.27. The van der Waals surface area contributed by atoms with E-state index in [1.165, 1.54) is 41.3 Å². The molecule has 0 radical (unpaired) electrons. The van der Waals surface area contributed by atoms with Crippen molar-refractivity contribution in [3.63, 3.8) is 0 Å². The molecule has 0 aliphatic heterocycles. The van der Waals surface area contributed by atoms with Crippen LogP contribution in [-0.4, -0.2) is 18.1 Å². The van der Waals surface area contributed by atoms with Gasteiger partial charge in [0, 0.05) is 17.3 Å². The molecule has 90 valence electrons. The second kappa shape index (κ2) is 5.28. The third-order valence-corrected chi connectivity index (χ3v) is 4.84. The third kappa shape index (κ3) is 2.83. The summed E-state index contributed by atoms with van der Waals surface area (Å²) in [5.74, 6) is 0.972. The van der Waals surface area contributed by atoms with E-state index < -0.39 is 0 Å². The molecule has 0 aromatic carbocycles. The highest BCUT2D eigenvalue weighted by Crippen LogP contribution is 2.31. The molecule has 0 bridgehead atoms. The van der Waals surface area contributed by atoms with Crippen LogP contribution in [0, 0.1) is 19.8 Å². The van der Waals surface area contributed by atoms with E-state index in [2.05, 4.69) is 31.2 Å². The summed E-state index contributed by atoms with van der Waals surface area (Å²) >= 11 is 1.86. The minimum atomic E-state index is 0.621. The minimum Gasteiger partial charge on any atom is -0.317 e. The molecule has 1 N–H and O–H groups in total. The van der Waals surface area contributed by atoms with Gasteiger partial charge in [0.2, 0.25) is 0 Å². The van der Waals surface area contributed by atoms with Crippen molar-refractivity contribution >= 4 is 11.3 Å². The molecule has 1 aromatic rings. The van der Waals surface area contributed by atoms with Gasteiger partial charge in [0.25, 0.3) is 0 Å². The summed E-state index contributed by atoms with van der Waals surface area (Å²) in [7, 11) is 2.08. The monoisotopic (exact) mass is 238 g/mol. The van der Waals surface area contributed by atoms with Crippen LogP contribution in [0.2, 0.25) is 0 Å². The lowest BCUT2D eigenvalue weighted by molar-refractivity contribution is 0.263. The summed E-state index contributed by atoms with van der Waals surface area (Å²) in [5, 5.41) is 4.74. The molecule has 1 aromatic heterocycles. The maximum absolute atomic E-state index is 4.63. The summed E-state index contributed by atoms with van der Waals surface area (Å²) in [5.41, 5.74) is 1.21. The van der Waals surface area contributed by atoms with E-state index in [1.54, 1.807) is 0 Å². The third-order valence-electron chi connectivity index (χ3n) is 3.74. The predicted octanol–water partition coefficient (Wildman–Crippen LogP) is 3.08. The van der Waals surface area contributed by atoms with Crippen LogP contribution >= 0.6 is 11.3 Å². The van der Waals surface area contributed by atoms with Gasteiger partial charge in [-0.25, -0.2) is 4.98 Å². The topological polar surface area (TPSA) is 24.9 Å². The zero-order valence-electron chi connectivity index (χ0n) is 10.5. The Bertz CT molecular complexity index is 322. The zero-order valence-corrected chi connectivity index (χ0v) is 11.4. The Morgan fingerprint density at radius 2 is 2.19 bits per heavy atom. The number of nitrogens with one attached hydrogen (secondary N) is 1. The van der Waals surface area contributed by atoms with Crippen LogP contribution in [0.1, 0.15) is 41.3 Å². The van der Waals surface area contributed by atoms with Crippen LogP contribution in [0.15, 0.2) is 0 Å². The minimum absolute atomic E-state index is 0.621. The zero-order chi connectivity index (χ0) is 11.5. The number of rotatable bonds is 5. The largest absolute Gasteiger partial charge is 0.317 e. The Labute approximate surface area is 102 Å². The van der Waals surface area contributed by atoms with E-state index in [1.807, 2.05) is 11.3 Å². The first-order valence-electron chi connectivity index (χ1n) is 6.29. The van der Waals surface area contributed by atoms with Gasteiger partial charge in [-0.3, -0.25) is 0 Å². The van der Waals surface area contributed by atoms with Crippen LogP contribution in [-0.2, 0) is 6.42 Å². The molecule has 0 spiro atoms. The Balaban J connectivity index is 1.89. The average Bonchev–Trinajstić information content (AvgIpc) is 2.50. The number of nitrogens with zero attached hydrogens (tertiary/aromatic N) is 1. The highest BCUT2D eigenvalue weighted by atomic mass is 32.1. The van der Waals surface area contributed by atoms with Crippen molar-refractivity contribution in [2.45, 2.75) is 52.0 Å². The van der Waals surface area contributed by atoms with E-state index in [-0.39, 0.29) is 0 Å². The van der Waals surface area contributed by atoms with Crippen LogP contribution < -0.4 is 5.32 Å². The number of aryl methyl sites for hydroxylation is 2. The van der Waals surface area contributed by atoms with E-state index in [4.69, 9.17) is 0 Å². The highest BCUT2D eigenvalue weighted by Gasteiger charge is 2.22. The average molecular weight is 238 g/mol. The van der Waals surface area contributed by atoms with E-state index in [9.17, 15) is 0 Å². The van der Waals surface area contributed by atoms with Gasteiger partial charge in [0.1, 0.15) is 0 Å². The fraction of sp³-hybridized carbons (Fsp3) is 0.769. The standard InChI is InChI=1S/C13H22N2S/c1-9-10(2)16-13(15-9)8-12(14-3)7-11-5-4-6-11/h11-12,14H,4-8H2,1-3H3. The van der Waals surface area contributed by atoms with Crippen LogP contribution in [0.5, 0.6) is 0 Å². The summed E-state index contributed by atoms with van der Waals surface area (Å²) in [4.78, 5) is 6.00. The quantitative estimate of drug-likeness (QED) is 0.852. The Kier molecular flexibility index (Phi) is 3.98. The van der Waals surface area contributed by atoms with Crippen molar-refractivity contribution in [3.05, 3.63) is 15.6 Å². The molecule has 1 aliphatic rings. The van der Waals surface area contributed by atoms with Gasteiger partial charge in [0.05, 0.1) is 10.7 Å². The molecule has 1 fully saturated rings. The molecule has 0 saturated heterocycles. The van der Waals surface area contributed by atoms with E-state index in [0.29, 0.717) is 6.04 Å². The number of thiazole rings is 1. The molecule has 16 heavy (non-hydrogen) atoms. The van der Waals surface area contributed by atoms with Gasteiger partial charge in [-0.05, 0) is 33.2 Å². The van der Waals surface area contributed by atoms with Gasteiger partial charge in [-0.2, -0.15) is 0 Å². The van der Waals surface area contributed by atoms with Crippen molar-refractivity contribution in [3.8, 4) is 0 Å². The van der Waals surface area contributed by atoms with Gasteiger partial charge >= 0.3 is 0 Å². The first-order valence-corrected chi connectivity index (χ1v) is 7.11. The molecule has 1 heterocycles. The van der Waals surface area contributed by atoms with Crippen molar-refractivity contribution < 1.29 is 0 Å². The Morgan fingerprint density at radius 1 is 1.44 bits per heavy atom. The van der Waals surface area contributed by atoms with Crippen molar-refractivity contribution in [2.24, 2.45) is 5.92 Å². The van der Waals surface area contributed by atoms with Gasteiger partial charge in [-0.1, -0.05) is 19.3 Å². The number of aromatic nitrogens is 1. The van der Waals surface area contributed by atoms with E-state index in [0.717, 1.165) is 12.3 Å². The number of hydrogen-bond donors (Lipinski definition) is 1. The number of hydrogen-bond acceptors (Lipinski definition) is 3. The lowest BCUT2D eigenvalue weighted by Gasteiger charge is -2.29. The molecule has 3 heteroatoms. The summed E-state index contributed by atoms with van der Waals surface area (Å²) in [6, 6.07) is 0.621. The van der Waals surface area contributed by atoms with E-state index >= 15 is 0 Å². The Morgan fingerprint density at radius 3 is 2.62 bits per heavy atom. The fourth-order valence-corrected chi connectivity index (χ4v) is 3.29.